The summed E-state index contributed by atoms with van der Waals surface area (Å²) in [6, 6.07) is 1.94. The molecule has 2 fully saturated rings. The summed E-state index contributed by atoms with van der Waals surface area (Å²) in [5, 5.41) is 7.56. The van der Waals surface area contributed by atoms with Crippen LogP contribution in [0.5, 0.6) is 0 Å². The topological polar surface area (TPSA) is 56.9 Å². The van der Waals surface area contributed by atoms with Gasteiger partial charge in [-0.2, -0.15) is 0 Å². The fraction of sp³-hybridized carbons (Fsp3) is 0.789. The van der Waals surface area contributed by atoms with Crippen LogP contribution in [0.15, 0.2) is 21.8 Å². The Morgan fingerprint density at radius 3 is 2.65 bits per heavy atom. The van der Waals surface area contributed by atoms with Crippen molar-refractivity contribution in [1.29, 1.82) is 0 Å². The number of guanidine groups is 1. The predicted molar refractivity (Wildman–Crippen MR) is 116 cm³/mol. The Morgan fingerprint density at radius 1 is 1.23 bits per heavy atom. The van der Waals surface area contributed by atoms with E-state index < -0.39 is 0 Å². The van der Waals surface area contributed by atoms with Gasteiger partial charge in [-0.3, -0.25) is 9.89 Å². The van der Waals surface area contributed by atoms with E-state index >= 15 is 0 Å². The van der Waals surface area contributed by atoms with E-state index in [-0.39, 0.29) is 24.0 Å². The summed E-state index contributed by atoms with van der Waals surface area (Å²) in [5.41, 5.74) is 1.01. The second kappa shape index (κ2) is 11.8. The zero-order valence-corrected chi connectivity index (χ0v) is 18.4. The Kier molecular flexibility index (Phi) is 9.74. The number of nitrogens with zero attached hydrogens (tertiary/aromatic N) is 4. The zero-order valence-electron chi connectivity index (χ0n) is 16.0. The van der Waals surface area contributed by atoms with Crippen LogP contribution in [-0.4, -0.2) is 60.7 Å². The molecule has 0 spiro atoms. The average Bonchev–Trinajstić information content (AvgIpc) is 3.33. The van der Waals surface area contributed by atoms with E-state index in [0.717, 1.165) is 56.8 Å². The summed E-state index contributed by atoms with van der Waals surface area (Å²) in [7, 11) is 1.89. The standard InChI is InChI=1S/C19H33N5O.HI/c1-20-19(21-10-5-4-8-17-6-2-3-7-17)24-13-11-23(12-14-24)16-18-9-15-25-22-18;/h9,15,17H,2-8,10-14,16H2,1H3,(H,20,21);1H. The molecule has 1 aromatic heterocycles. The van der Waals surface area contributed by atoms with E-state index in [1.165, 1.54) is 44.9 Å². The largest absolute Gasteiger partial charge is 0.364 e. The third-order valence-electron chi connectivity index (χ3n) is 5.56. The molecule has 2 aliphatic rings. The molecule has 148 valence electrons. The molecule has 1 aliphatic carbocycles. The molecule has 0 radical (unpaired) electrons. The molecule has 1 saturated heterocycles. The Bertz CT molecular complexity index is 508. The van der Waals surface area contributed by atoms with Gasteiger partial charge < -0.3 is 14.7 Å². The molecule has 2 heterocycles. The zero-order chi connectivity index (χ0) is 17.3. The van der Waals surface area contributed by atoms with Crippen molar-refractivity contribution in [2.24, 2.45) is 10.9 Å². The molecule has 0 amide bonds. The quantitative estimate of drug-likeness (QED) is 0.284. The first-order valence-electron chi connectivity index (χ1n) is 9.92. The van der Waals surface area contributed by atoms with Crippen molar-refractivity contribution in [3.8, 4) is 0 Å². The van der Waals surface area contributed by atoms with Gasteiger partial charge in [-0.25, -0.2) is 0 Å². The van der Waals surface area contributed by atoms with E-state index in [1.807, 2.05) is 13.1 Å². The van der Waals surface area contributed by atoms with Crippen LogP contribution in [0.1, 0.15) is 50.6 Å². The fourth-order valence-electron chi connectivity index (χ4n) is 4.06. The summed E-state index contributed by atoms with van der Waals surface area (Å²) in [6.07, 6.45) is 11.5. The van der Waals surface area contributed by atoms with Crippen molar-refractivity contribution in [2.75, 3.05) is 39.8 Å². The van der Waals surface area contributed by atoms with Crippen LogP contribution < -0.4 is 5.32 Å². The molecule has 1 aliphatic heterocycles. The molecule has 1 N–H and O–H groups in total. The van der Waals surface area contributed by atoms with E-state index in [0.29, 0.717) is 0 Å². The third-order valence-corrected chi connectivity index (χ3v) is 5.56. The highest BCUT2D eigenvalue weighted by atomic mass is 127. The number of hydrogen-bond donors (Lipinski definition) is 1. The number of halogens is 1. The molecular formula is C19H34IN5O. The highest BCUT2D eigenvalue weighted by molar-refractivity contribution is 14.0. The van der Waals surface area contributed by atoms with Crippen LogP contribution in [0.2, 0.25) is 0 Å². The lowest BCUT2D eigenvalue weighted by Crippen LogP contribution is -2.52. The van der Waals surface area contributed by atoms with Gasteiger partial charge in [0.05, 0.1) is 5.69 Å². The minimum Gasteiger partial charge on any atom is -0.364 e. The number of hydrogen-bond acceptors (Lipinski definition) is 4. The van der Waals surface area contributed by atoms with Crippen molar-refractivity contribution >= 4 is 29.9 Å². The molecule has 0 unspecified atom stereocenters. The minimum atomic E-state index is 0. The molecule has 0 bridgehead atoms. The molecule has 6 nitrogen and oxygen atoms in total. The lowest BCUT2D eigenvalue weighted by molar-refractivity contribution is 0.169. The lowest BCUT2D eigenvalue weighted by atomic mass is 10.0. The van der Waals surface area contributed by atoms with Crippen molar-refractivity contribution in [1.82, 2.24) is 20.3 Å². The van der Waals surface area contributed by atoms with Crippen LogP contribution in [0, 0.1) is 5.92 Å². The SMILES string of the molecule is CN=C(NCCCCC1CCCC1)N1CCN(Cc2ccon2)CC1.I. The van der Waals surface area contributed by atoms with E-state index in [9.17, 15) is 0 Å². The second-order valence-corrected chi connectivity index (χ2v) is 7.37. The Morgan fingerprint density at radius 2 is 2.00 bits per heavy atom. The van der Waals surface area contributed by atoms with Gasteiger partial charge in [0.1, 0.15) is 6.26 Å². The molecule has 1 saturated carbocycles. The van der Waals surface area contributed by atoms with Crippen molar-refractivity contribution in [2.45, 2.75) is 51.5 Å². The van der Waals surface area contributed by atoms with Gasteiger partial charge in [-0.15, -0.1) is 24.0 Å². The first-order chi connectivity index (χ1) is 12.3. The van der Waals surface area contributed by atoms with Crippen LogP contribution in [0.3, 0.4) is 0 Å². The lowest BCUT2D eigenvalue weighted by Gasteiger charge is -2.36. The summed E-state index contributed by atoms with van der Waals surface area (Å²) in [6.45, 7) is 6.01. The van der Waals surface area contributed by atoms with Gasteiger partial charge in [-0.05, 0) is 12.3 Å². The van der Waals surface area contributed by atoms with Crippen LogP contribution in [0.4, 0.5) is 0 Å². The van der Waals surface area contributed by atoms with Crippen LogP contribution in [0.25, 0.3) is 0 Å². The fourth-order valence-corrected chi connectivity index (χ4v) is 4.06. The maximum atomic E-state index is 4.91. The van der Waals surface area contributed by atoms with E-state index in [1.54, 1.807) is 6.26 Å². The molecule has 7 heteroatoms. The average molecular weight is 475 g/mol. The number of nitrogens with one attached hydrogen (secondary N) is 1. The number of unbranched alkanes of at least 4 members (excludes halogenated alkanes) is 1. The maximum absolute atomic E-state index is 4.91. The molecular weight excluding hydrogens is 441 g/mol. The van der Waals surface area contributed by atoms with Gasteiger partial charge in [0.15, 0.2) is 5.96 Å². The Labute approximate surface area is 174 Å². The molecule has 26 heavy (non-hydrogen) atoms. The summed E-state index contributed by atoms with van der Waals surface area (Å²) < 4.78 is 4.91. The van der Waals surface area contributed by atoms with Crippen molar-refractivity contribution in [3.63, 3.8) is 0 Å². The van der Waals surface area contributed by atoms with Crippen molar-refractivity contribution in [3.05, 3.63) is 18.0 Å². The Balaban J connectivity index is 0.00000243. The van der Waals surface area contributed by atoms with Gasteiger partial charge in [-0.1, -0.05) is 43.7 Å². The second-order valence-electron chi connectivity index (χ2n) is 7.37. The van der Waals surface area contributed by atoms with Crippen molar-refractivity contribution < 1.29 is 4.52 Å². The first-order valence-corrected chi connectivity index (χ1v) is 9.92. The van der Waals surface area contributed by atoms with Gasteiger partial charge in [0.25, 0.3) is 0 Å². The first kappa shape index (κ1) is 21.5. The summed E-state index contributed by atoms with van der Waals surface area (Å²) >= 11 is 0. The third kappa shape index (κ3) is 6.72. The summed E-state index contributed by atoms with van der Waals surface area (Å²) in [5.74, 6) is 2.07. The predicted octanol–water partition coefficient (Wildman–Crippen LogP) is 3.35. The van der Waals surface area contributed by atoms with Gasteiger partial charge in [0.2, 0.25) is 0 Å². The van der Waals surface area contributed by atoms with Crippen LogP contribution in [-0.2, 0) is 6.54 Å². The van der Waals surface area contributed by atoms with E-state index in [4.69, 9.17) is 4.52 Å². The number of aliphatic imine (C=N–C) groups is 1. The smallest absolute Gasteiger partial charge is 0.193 e. The van der Waals surface area contributed by atoms with E-state index in [2.05, 4.69) is 25.3 Å². The summed E-state index contributed by atoms with van der Waals surface area (Å²) in [4.78, 5) is 9.26. The minimum absolute atomic E-state index is 0. The Hall–Kier alpha value is -0.830. The molecule has 0 atom stereocenters. The van der Waals surface area contributed by atoms with Gasteiger partial charge >= 0.3 is 0 Å². The normalized spacial score (nSPS) is 19.6. The highest BCUT2D eigenvalue weighted by Gasteiger charge is 2.20. The number of piperazine rings is 1. The molecule has 1 aromatic rings. The molecule has 0 aromatic carbocycles. The molecule has 3 rings (SSSR count). The maximum Gasteiger partial charge on any atom is 0.193 e. The highest BCUT2D eigenvalue weighted by Crippen LogP contribution is 2.28. The van der Waals surface area contributed by atoms with Gasteiger partial charge in [0, 0.05) is 52.4 Å². The number of aromatic nitrogens is 1. The number of rotatable bonds is 7. The monoisotopic (exact) mass is 475 g/mol. The van der Waals surface area contributed by atoms with Crippen LogP contribution >= 0.6 is 24.0 Å².